The standard InChI is InChI=1S/C43H37ClN4O6S/c1-22-28-19-24(44)12-17-35(28)55-38(22)32-21-36(46(3)45-32)48-40(51)31-20-29-26(13-14-27-37(29)41(52)47(39(27)50)25-8-6-5-7-9-25)30(43(31,2)42(48)53)15-10-23-11-16-33(49)34(18-23)54-4/h5-13,15-19,21,27,29-31,37,49H,14,20H2,1-4H3. The molecule has 4 heterocycles. The summed E-state index contributed by atoms with van der Waals surface area (Å²) in [5.41, 5.74) is 2.55. The van der Waals surface area contributed by atoms with Crippen molar-refractivity contribution >= 4 is 74.2 Å². The van der Waals surface area contributed by atoms with Gasteiger partial charge >= 0.3 is 0 Å². The summed E-state index contributed by atoms with van der Waals surface area (Å²) in [6.45, 7) is 3.86. The summed E-state index contributed by atoms with van der Waals surface area (Å²) >= 11 is 7.89. The van der Waals surface area contributed by atoms with E-state index in [1.807, 2.05) is 56.3 Å². The Kier molecular flexibility index (Phi) is 8.18. The molecular weight excluding hydrogens is 736 g/mol. The third kappa shape index (κ3) is 5.16. The van der Waals surface area contributed by atoms with Gasteiger partial charge in [-0.05, 0) is 91.6 Å². The Bertz CT molecular complexity index is 2540. The highest BCUT2D eigenvalue weighted by molar-refractivity contribution is 7.22. The average molecular weight is 773 g/mol. The molecule has 0 radical (unpaired) electrons. The first-order chi connectivity index (χ1) is 26.4. The summed E-state index contributed by atoms with van der Waals surface area (Å²) in [4.78, 5) is 61.6. The molecule has 0 spiro atoms. The highest BCUT2D eigenvalue weighted by Gasteiger charge is 2.67. The molecule has 10 nitrogen and oxygen atoms in total. The third-order valence-corrected chi connectivity index (χ3v) is 13.8. The van der Waals surface area contributed by atoms with Crippen molar-refractivity contribution < 1.29 is 29.0 Å². The Morgan fingerprint density at radius 2 is 1.75 bits per heavy atom. The van der Waals surface area contributed by atoms with E-state index in [1.54, 1.807) is 65.5 Å². The van der Waals surface area contributed by atoms with E-state index in [-0.39, 0.29) is 35.8 Å². The number of ether oxygens (including phenoxy) is 1. The number of phenolic OH excluding ortho intramolecular Hbond substituents is 1. The van der Waals surface area contributed by atoms with Crippen molar-refractivity contribution in [3.8, 4) is 22.1 Å². The molecule has 0 bridgehead atoms. The number of para-hydroxylation sites is 1. The number of nitrogens with zero attached hydrogens (tertiary/aromatic N) is 4. The zero-order chi connectivity index (χ0) is 38.5. The number of halogens is 1. The van der Waals surface area contributed by atoms with Gasteiger partial charge in [0.2, 0.25) is 23.6 Å². The van der Waals surface area contributed by atoms with Crippen LogP contribution in [0.25, 0.3) is 26.7 Å². The van der Waals surface area contributed by atoms with Gasteiger partial charge in [-0.3, -0.25) is 28.8 Å². The van der Waals surface area contributed by atoms with Gasteiger partial charge in [-0.15, -0.1) is 11.3 Å². The molecule has 4 amide bonds. The number of carbonyl (C=O) groups is 4. The van der Waals surface area contributed by atoms with Crippen LogP contribution < -0.4 is 14.5 Å². The smallest absolute Gasteiger partial charge is 0.242 e. The van der Waals surface area contributed by atoms with Gasteiger partial charge in [0.25, 0.3) is 0 Å². The number of aromatic hydroxyl groups is 1. The van der Waals surface area contributed by atoms with Crippen LogP contribution >= 0.6 is 22.9 Å². The number of hydrogen-bond donors (Lipinski definition) is 1. The van der Waals surface area contributed by atoms with Gasteiger partial charge in [0.1, 0.15) is 11.5 Å². The number of phenols is 1. The fraction of sp³-hybridized carbons (Fsp3) is 0.279. The Hall–Kier alpha value is -5.52. The minimum absolute atomic E-state index is 0.00443. The van der Waals surface area contributed by atoms with Crippen molar-refractivity contribution in [2.45, 2.75) is 26.7 Å². The molecule has 2 saturated heterocycles. The van der Waals surface area contributed by atoms with E-state index in [0.717, 1.165) is 31.7 Å². The maximum atomic E-state index is 15.0. The molecule has 2 aromatic heterocycles. The number of benzene rings is 3. The number of aryl methyl sites for hydroxylation is 2. The van der Waals surface area contributed by atoms with E-state index in [1.165, 1.54) is 23.0 Å². The summed E-state index contributed by atoms with van der Waals surface area (Å²) in [5.74, 6) is -3.65. The molecule has 3 aromatic carbocycles. The van der Waals surface area contributed by atoms with E-state index in [2.05, 4.69) is 0 Å². The molecule has 55 heavy (non-hydrogen) atoms. The van der Waals surface area contributed by atoms with Crippen LogP contribution in [0.2, 0.25) is 5.02 Å². The molecule has 1 N–H and O–H groups in total. The molecule has 4 aliphatic rings. The highest BCUT2D eigenvalue weighted by Crippen LogP contribution is 2.61. The van der Waals surface area contributed by atoms with Gasteiger partial charge in [0, 0.05) is 28.8 Å². The number of fused-ring (bicyclic) bond motifs is 5. The third-order valence-electron chi connectivity index (χ3n) is 12.3. The van der Waals surface area contributed by atoms with Crippen molar-refractivity contribution in [3.05, 3.63) is 107 Å². The predicted molar refractivity (Wildman–Crippen MR) is 212 cm³/mol. The van der Waals surface area contributed by atoms with Crippen LogP contribution in [0.1, 0.15) is 30.9 Å². The topological polar surface area (TPSA) is 122 Å². The molecule has 6 unspecified atom stereocenters. The fourth-order valence-electron chi connectivity index (χ4n) is 9.49. The zero-order valence-corrected chi connectivity index (χ0v) is 32.1. The van der Waals surface area contributed by atoms with Gasteiger partial charge in [-0.25, -0.2) is 4.90 Å². The molecule has 3 fully saturated rings. The van der Waals surface area contributed by atoms with Gasteiger partial charge in [0.15, 0.2) is 11.5 Å². The van der Waals surface area contributed by atoms with E-state index in [0.29, 0.717) is 34.4 Å². The Morgan fingerprint density at radius 1 is 0.964 bits per heavy atom. The van der Waals surface area contributed by atoms with Crippen molar-refractivity contribution in [2.75, 3.05) is 16.9 Å². The quantitative estimate of drug-likeness (QED) is 0.137. The number of carbonyl (C=O) groups excluding carboxylic acids is 4. The first kappa shape index (κ1) is 35.2. The lowest BCUT2D eigenvalue weighted by molar-refractivity contribution is -0.132. The summed E-state index contributed by atoms with van der Waals surface area (Å²) in [6, 6.07) is 21.5. The van der Waals surface area contributed by atoms with Crippen molar-refractivity contribution in [1.29, 1.82) is 0 Å². The zero-order valence-electron chi connectivity index (χ0n) is 30.5. The van der Waals surface area contributed by atoms with E-state index in [4.69, 9.17) is 21.4 Å². The number of allylic oxidation sites excluding steroid dienone is 3. The second-order valence-corrected chi connectivity index (χ2v) is 16.5. The number of aromatic nitrogens is 2. The van der Waals surface area contributed by atoms with E-state index < -0.39 is 35.0 Å². The molecule has 2 aliphatic heterocycles. The van der Waals surface area contributed by atoms with E-state index in [9.17, 15) is 19.5 Å². The lowest BCUT2D eigenvalue weighted by atomic mass is 9.52. The molecule has 12 heteroatoms. The molecular formula is C43H37ClN4O6S. The first-order valence-corrected chi connectivity index (χ1v) is 19.4. The number of amides is 4. The number of imide groups is 2. The minimum atomic E-state index is -1.22. The van der Waals surface area contributed by atoms with Crippen LogP contribution in [0, 0.1) is 41.9 Å². The molecule has 2 aliphatic carbocycles. The Morgan fingerprint density at radius 3 is 2.51 bits per heavy atom. The maximum absolute atomic E-state index is 15.0. The fourth-order valence-corrected chi connectivity index (χ4v) is 10.8. The van der Waals surface area contributed by atoms with Crippen molar-refractivity contribution in [1.82, 2.24) is 9.78 Å². The van der Waals surface area contributed by atoms with Crippen molar-refractivity contribution in [2.24, 2.45) is 42.1 Å². The van der Waals surface area contributed by atoms with Crippen LogP contribution in [0.3, 0.4) is 0 Å². The SMILES string of the molecule is COc1cc(C=CC2C3=CCC4C(=O)N(c5ccccc5)C(=O)C4C3CC3C(=O)N(c4cc(-c5sc6ccc(Cl)cc6c5C)nn4C)C(=O)C23C)ccc1O. The summed E-state index contributed by atoms with van der Waals surface area (Å²) in [7, 11) is 3.20. The predicted octanol–water partition coefficient (Wildman–Crippen LogP) is 7.96. The number of thiophene rings is 1. The minimum Gasteiger partial charge on any atom is -0.504 e. The lowest BCUT2D eigenvalue weighted by Crippen LogP contribution is -2.49. The van der Waals surface area contributed by atoms with Gasteiger partial charge in [0.05, 0.1) is 40.8 Å². The Labute approximate surface area is 326 Å². The molecule has 1 saturated carbocycles. The van der Waals surface area contributed by atoms with Crippen LogP contribution in [0.5, 0.6) is 11.5 Å². The van der Waals surface area contributed by atoms with Crippen LogP contribution in [0.4, 0.5) is 11.5 Å². The van der Waals surface area contributed by atoms with Gasteiger partial charge < -0.3 is 9.84 Å². The molecule has 6 atom stereocenters. The summed E-state index contributed by atoms with van der Waals surface area (Å²) in [5, 5.41) is 16.7. The van der Waals surface area contributed by atoms with Gasteiger partial charge in [-0.1, -0.05) is 59.7 Å². The van der Waals surface area contributed by atoms with E-state index >= 15 is 4.79 Å². The molecule has 278 valence electrons. The van der Waals surface area contributed by atoms with Crippen LogP contribution in [-0.4, -0.2) is 45.6 Å². The van der Waals surface area contributed by atoms with Gasteiger partial charge in [-0.2, -0.15) is 5.10 Å². The monoisotopic (exact) mass is 772 g/mol. The second kappa shape index (κ2) is 12.8. The first-order valence-electron chi connectivity index (χ1n) is 18.2. The Balaban J connectivity index is 1.14. The maximum Gasteiger partial charge on any atom is 0.242 e. The van der Waals surface area contributed by atoms with Crippen molar-refractivity contribution in [3.63, 3.8) is 0 Å². The number of methoxy groups -OCH3 is 1. The number of hydrogen-bond acceptors (Lipinski definition) is 8. The van der Waals surface area contributed by atoms with Crippen LogP contribution in [0.15, 0.2) is 90.5 Å². The molecule has 5 aromatic rings. The number of rotatable bonds is 6. The number of anilines is 2. The summed E-state index contributed by atoms with van der Waals surface area (Å²) in [6.07, 6.45) is 6.41. The second-order valence-electron chi connectivity index (χ2n) is 15.1. The lowest BCUT2D eigenvalue weighted by Gasteiger charge is -2.47. The average Bonchev–Trinajstić information content (AvgIpc) is 3.85. The highest BCUT2D eigenvalue weighted by atomic mass is 35.5. The van der Waals surface area contributed by atoms with Crippen LogP contribution in [-0.2, 0) is 26.2 Å². The largest absolute Gasteiger partial charge is 0.504 e. The summed E-state index contributed by atoms with van der Waals surface area (Å²) < 4.78 is 7.98. The normalized spacial score (nSPS) is 26.2. The molecule has 9 rings (SSSR count).